The lowest BCUT2D eigenvalue weighted by molar-refractivity contribution is 0.0642. The van der Waals surface area contributed by atoms with Crippen LogP contribution in [0.3, 0.4) is 0 Å². The molecule has 0 radical (unpaired) electrons. The lowest BCUT2D eigenvalue weighted by Gasteiger charge is -2.27. The van der Waals surface area contributed by atoms with Gasteiger partial charge in [0.25, 0.3) is 0 Å². The quantitative estimate of drug-likeness (QED) is 0.791. The number of nitrogens with one attached hydrogen (secondary N) is 1. The summed E-state index contributed by atoms with van der Waals surface area (Å²) in [5.74, 6) is 0.404. The number of rotatable bonds is 6. The molecule has 4 heteroatoms. The number of alkyl carbamates (subject to hydrolysis) is 1. The van der Waals surface area contributed by atoms with E-state index in [0.29, 0.717) is 19.1 Å². The van der Waals surface area contributed by atoms with Crippen molar-refractivity contribution in [1.82, 2.24) is 5.32 Å². The molecule has 1 saturated carbocycles. The molecular formula is C17H25NO3. The lowest BCUT2D eigenvalue weighted by Crippen LogP contribution is -2.28. The maximum atomic E-state index is 11.5. The average molecular weight is 291 g/mol. The highest BCUT2D eigenvalue weighted by Gasteiger charge is 2.22. The van der Waals surface area contributed by atoms with Crippen molar-refractivity contribution in [2.75, 3.05) is 6.54 Å². The van der Waals surface area contributed by atoms with Crippen LogP contribution in [0.5, 0.6) is 0 Å². The molecule has 2 rings (SSSR count). The van der Waals surface area contributed by atoms with Crippen LogP contribution in [-0.4, -0.2) is 23.8 Å². The maximum absolute atomic E-state index is 11.5. The standard InChI is InChI=1S/C17H25NO3/c19-16-11-5-4-9-15(16)10-6-12-18-17(20)21-13-14-7-2-1-3-8-14/h1-3,7-8,15-16,19H,4-6,9-13H2,(H,18,20). The summed E-state index contributed by atoms with van der Waals surface area (Å²) < 4.78 is 5.14. The smallest absolute Gasteiger partial charge is 0.407 e. The summed E-state index contributed by atoms with van der Waals surface area (Å²) in [4.78, 5) is 11.5. The average Bonchev–Trinajstić information content (AvgIpc) is 2.52. The van der Waals surface area contributed by atoms with Crippen molar-refractivity contribution in [2.24, 2.45) is 5.92 Å². The van der Waals surface area contributed by atoms with Crippen LogP contribution in [0.2, 0.25) is 0 Å². The molecule has 0 bridgehead atoms. The van der Waals surface area contributed by atoms with Crippen molar-refractivity contribution in [3.05, 3.63) is 35.9 Å². The number of benzene rings is 1. The van der Waals surface area contributed by atoms with E-state index in [0.717, 1.165) is 37.7 Å². The lowest BCUT2D eigenvalue weighted by atomic mass is 9.83. The first-order valence-electron chi connectivity index (χ1n) is 7.88. The molecule has 2 N–H and O–H groups in total. The number of hydrogen-bond donors (Lipinski definition) is 2. The first kappa shape index (κ1) is 15.8. The van der Waals surface area contributed by atoms with Gasteiger partial charge < -0.3 is 15.2 Å². The van der Waals surface area contributed by atoms with Crippen LogP contribution in [0, 0.1) is 5.92 Å². The maximum Gasteiger partial charge on any atom is 0.407 e. The van der Waals surface area contributed by atoms with Crippen LogP contribution in [0.25, 0.3) is 0 Å². The molecule has 0 saturated heterocycles. The van der Waals surface area contributed by atoms with Gasteiger partial charge in [-0.25, -0.2) is 4.79 Å². The molecule has 1 amide bonds. The van der Waals surface area contributed by atoms with Crippen LogP contribution in [-0.2, 0) is 11.3 Å². The van der Waals surface area contributed by atoms with Gasteiger partial charge in [-0.05, 0) is 37.2 Å². The van der Waals surface area contributed by atoms with Crippen molar-refractivity contribution in [3.63, 3.8) is 0 Å². The van der Waals surface area contributed by atoms with E-state index in [1.807, 2.05) is 30.3 Å². The third-order valence-corrected chi connectivity index (χ3v) is 4.10. The van der Waals surface area contributed by atoms with Gasteiger partial charge in [0.1, 0.15) is 6.61 Å². The van der Waals surface area contributed by atoms with Gasteiger partial charge in [0, 0.05) is 6.54 Å². The zero-order valence-electron chi connectivity index (χ0n) is 12.5. The highest BCUT2D eigenvalue weighted by atomic mass is 16.5. The number of carbonyl (C=O) groups excluding carboxylic acids is 1. The highest BCUT2D eigenvalue weighted by molar-refractivity contribution is 5.67. The zero-order valence-corrected chi connectivity index (χ0v) is 12.5. The summed E-state index contributed by atoms with van der Waals surface area (Å²) in [5.41, 5.74) is 0.984. The van der Waals surface area contributed by atoms with E-state index >= 15 is 0 Å². The summed E-state index contributed by atoms with van der Waals surface area (Å²) in [7, 11) is 0. The van der Waals surface area contributed by atoms with Crippen LogP contribution in [0.15, 0.2) is 30.3 Å². The SMILES string of the molecule is O=C(NCCCC1CCCCC1O)OCc1ccccc1. The molecule has 21 heavy (non-hydrogen) atoms. The second kappa shape index (κ2) is 8.67. The van der Waals surface area contributed by atoms with E-state index in [-0.39, 0.29) is 12.2 Å². The van der Waals surface area contributed by atoms with E-state index in [2.05, 4.69) is 5.32 Å². The van der Waals surface area contributed by atoms with E-state index < -0.39 is 0 Å². The van der Waals surface area contributed by atoms with Crippen LogP contribution >= 0.6 is 0 Å². The minimum Gasteiger partial charge on any atom is -0.445 e. The zero-order chi connectivity index (χ0) is 14.9. The summed E-state index contributed by atoms with van der Waals surface area (Å²) in [6.45, 7) is 0.908. The normalized spacial score (nSPS) is 21.8. The molecule has 0 heterocycles. The van der Waals surface area contributed by atoms with E-state index in [4.69, 9.17) is 4.74 Å². The summed E-state index contributed by atoms with van der Waals surface area (Å²) in [6.07, 6.45) is 5.74. The largest absolute Gasteiger partial charge is 0.445 e. The molecule has 2 atom stereocenters. The summed E-state index contributed by atoms with van der Waals surface area (Å²) >= 11 is 0. The monoisotopic (exact) mass is 291 g/mol. The van der Waals surface area contributed by atoms with Gasteiger partial charge in [0.2, 0.25) is 0 Å². The topological polar surface area (TPSA) is 58.6 Å². The molecule has 1 aliphatic carbocycles. The number of amides is 1. The molecular weight excluding hydrogens is 266 g/mol. The van der Waals surface area contributed by atoms with Gasteiger partial charge >= 0.3 is 6.09 Å². The van der Waals surface area contributed by atoms with Crippen molar-refractivity contribution in [2.45, 2.75) is 51.2 Å². The molecule has 0 aromatic heterocycles. The Morgan fingerprint density at radius 3 is 2.76 bits per heavy atom. The Bertz CT molecular complexity index is 421. The highest BCUT2D eigenvalue weighted by Crippen LogP contribution is 2.27. The predicted octanol–water partition coefficient (Wildman–Crippen LogP) is 3.24. The van der Waals surface area contributed by atoms with Gasteiger partial charge in [-0.3, -0.25) is 0 Å². The molecule has 0 aliphatic heterocycles. The van der Waals surface area contributed by atoms with Gasteiger partial charge in [-0.15, -0.1) is 0 Å². The van der Waals surface area contributed by atoms with Crippen molar-refractivity contribution in [3.8, 4) is 0 Å². The fourth-order valence-corrected chi connectivity index (χ4v) is 2.85. The number of carbonyl (C=O) groups is 1. The second-order valence-electron chi connectivity index (χ2n) is 5.74. The van der Waals surface area contributed by atoms with Crippen LogP contribution in [0.4, 0.5) is 4.79 Å². The second-order valence-corrected chi connectivity index (χ2v) is 5.74. The number of aliphatic hydroxyl groups is 1. The van der Waals surface area contributed by atoms with Crippen molar-refractivity contribution >= 4 is 6.09 Å². The number of ether oxygens (including phenoxy) is 1. The third-order valence-electron chi connectivity index (χ3n) is 4.10. The first-order valence-corrected chi connectivity index (χ1v) is 7.88. The fraction of sp³-hybridized carbons (Fsp3) is 0.588. The molecule has 0 spiro atoms. The number of hydrogen-bond acceptors (Lipinski definition) is 3. The Morgan fingerprint density at radius 1 is 1.24 bits per heavy atom. The van der Waals surface area contributed by atoms with E-state index in [1.54, 1.807) is 0 Å². The molecule has 2 unspecified atom stereocenters. The van der Waals surface area contributed by atoms with E-state index in [1.165, 1.54) is 6.42 Å². The molecule has 116 valence electrons. The van der Waals surface area contributed by atoms with Crippen molar-refractivity contribution in [1.29, 1.82) is 0 Å². The Labute approximate surface area is 126 Å². The Balaban J connectivity index is 1.55. The molecule has 4 nitrogen and oxygen atoms in total. The van der Waals surface area contributed by atoms with Gasteiger partial charge in [0.15, 0.2) is 0 Å². The van der Waals surface area contributed by atoms with Crippen molar-refractivity contribution < 1.29 is 14.6 Å². The Kier molecular flexibility index (Phi) is 6.54. The number of aliphatic hydroxyl groups excluding tert-OH is 1. The third kappa shape index (κ3) is 5.76. The van der Waals surface area contributed by atoms with Gasteiger partial charge in [-0.2, -0.15) is 0 Å². The van der Waals surface area contributed by atoms with Gasteiger partial charge in [0.05, 0.1) is 6.10 Å². The molecule has 1 aliphatic rings. The van der Waals surface area contributed by atoms with Gasteiger partial charge in [-0.1, -0.05) is 43.2 Å². The first-order chi connectivity index (χ1) is 10.3. The van der Waals surface area contributed by atoms with Crippen LogP contribution < -0.4 is 5.32 Å². The molecule has 1 aromatic rings. The van der Waals surface area contributed by atoms with Crippen LogP contribution in [0.1, 0.15) is 44.1 Å². The predicted molar refractivity (Wildman–Crippen MR) is 81.8 cm³/mol. The Morgan fingerprint density at radius 2 is 2.00 bits per heavy atom. The molecule has 1 aromatic carbocycles. The fourth-order valence-electron chi connectivity index (χ4n) is 2.85. The minimum atomic E-state index is -0.372. The summed E-state index contributed by atoms with van der Waals surface area (Å²) in [5, 5.41) is 12.6. The minimum absolute atomic E-state index is 0.149. The Hall–Kier alpha value is -1.55. The summed E-state index contributed by atoms with van der Waals surface area (Å²) in [6, 6.07) is 9.64. The van der Waals surface area contributed by atoms with E-state index in [9.17, 15) is 9.90 Å². The molecule has 1 fully saturated rings.